The molecular formula is C28H36N4O3. The monoisotopic (exact) mass is 476 g/mol. The molecule has 7 heteroatoms. The normalized spacial score (nSPS) is 13.7. The lowest BCUT2D eigenvalue weighted by Gasteiger charge is -2.15. The summed E-state index contributed by atoms with van der Waals surface area (Å²) in [7, 11) is 1.65. The van der Waals surface area contributed by atoms with Crippen molar-refractivity contribution in [2.75, 3.05) is 33.3 Å². The third-order valence-electron chi connectivity index (χ3n) is 6.46. The molecule has 1 aliphatic rings. The van der Waals surface area contributed by atoms with E-state index in [1.54, 1.807) is 7.11 Å². The van der Waals surface area contributed by atoms with Gasteiger partial charge in [-0.3, -0.25) is 4.79 Å². The Hall–Kier alpha value is -3.32. The molecule has 186 valence electrons. The molecule has 4 rings (SSSR count). The van der Waals surface area contributed by atoms with Gasteiger partial charge in [-0.05, 0) is 82.1 Å². The van der Waals surface area contributed by atoms with E-state index in [-0.39, 0.29) is 5.91 Å². The van der Waals surface area contributed by atoms with Crippen molar-refractivity contribution in [3.8, 4) is 23.1 Å². The van der Waals surface area contributed by atoms with Crippen LogP contribution in [0.2, 0.25) is 0 Å². The Balaban J connectivity index is 1.54. The zero-order valence-corrected chi connectivity index (χ0v) is 21.0. The van der Waals surface area contributed by atoms with Crippen LogP contribution in [0.4, 0.5) is 0 Å². The molecule has 0 aliphatic carbocycles. The first-order chi connectivity index (χ1) is 17.1. The third kappa shape index (κ3) is 6.42. The number of aryl methyl sites for hydroxylation is 2. The number of carbonyl (C=O) groups excluding carboxylic acids is 1. The van der Waals surface area contributed by atoms with Crippen LogP contribution in [0.25, 0.3) is 5.69 Å². The molecule has 1 amide bonds. The minimum Gasteiger partial charge on any atom is -0.497 e. The van der Waals surface area contributed by atoms with Crippen LogP contribution >= 0.6 is 0 Å². The first-order valence-electron chi connectivity index (χ1n) is 12.6. The number of aromatic nitrogens is 2. The Kier molecular flexibility index (Phi) is 8.42. The summed E-state index contributed by atoms with van der Waals surface area (Å²) in [5, 5.41) is 7.95. The highest BCUT2D eigenvalue weighted by molar-refractivity contribution is 5.76. The number of ether oxygens (including phenoxy) is 2. The topological polar surface area (TPSA) is 68.6 Å². The lowest BCUT2D eigenvalue weighted by molar-refractivity contribution is -0.121. The molecule has 0 bridgehead atoms. The predicted octanol–water partition coefficient (Wildman–Crippen LogP) is 4.69. The summed E-state index contributed by atoms with van der Waals surface area (Å²) in [5.74, 6) is 2.23. The van der Waals surface area contributed by atoms with Crippen molar-refractivity contribution in [3.63, 3.8) is 0 Å². The SMILES string of the molecule is CCc1nn(-c2ccc(OC)cc2)c(Oc2ccc(C)cc2)c1CCC(=O)NCCN1CCCC1. The van der Waals surface area contributed by atoms with Crippen LogP contribution in [0.1, 0.15) is 43.0 Å². The average molecular weight is 477 g/mol. The molecule has 0 saturated carbocycles. The first-order valence-corrected chi connectivity index (χ1v) is 12.6. The number of hydrogen-bond donors (Lipinski definition) is 1. The molecule has 1 N–H and O–H groups in total. The summed E-state index contributed by atoms with van der Waals surface area (Å²) in [6.45, 7) is 8.02. The summed E-state index contributed by atoms with van der Waals surface area (Å²) in [5.41, 5.74) is 3.95. The summed E-state index contributed by atoms with van der Waals surface area (Å²) in [6, 6.07) is 15.7. The van der Waals surface area contributed by atoms with Crippen molar-refractivity contribution in [2.45, 2.75) is 46.0 Å². The van der Waals surface area contributed by atoms with Crippen molar-refractivity contribution in [2.24, 2.45) is 0 Å². The van der Waals surface area contributed by atoms with Gasteiger partial charge in [-0.25, -0.2) is 4.68 Å². The van der Waals surface area contributed by atoms with Crippen LogP contribution in [0.5, 0.6) is 17.4 Å². The third-order valence-corrected chi connectivity index (χ3v) is 6.46. The number of methoxy groups -OCH3 is 1. The maximum atomic E-state index is 12.6. The second kappa shape index (κ2) is 11.9. The predicted molar refractivity (Wildman–Crippen MR) is 138 cm³/mol. The molecule has 0 spiro atoms. The van der Waals surface area contributed by atoms with Crippen molar-refractivity contribution < 1.29 is 14.3 Å². The number of amides is 1. The number of benzene rings is 2. The van der Waals surface area contributed by atoms with Crippen molar-refractivity contribution in [1.29, 1.82) is 0 Å². The Morgan fingerprint density at radius 3 is 2.37 bits per heavy atom. The lowest BCUT2D eigenvalue weighted by Crippen LogP contribution is -2.33. The van der Waals surface area contributed by atoms with Gasteiger partial charge in [0.1, 0.15) is 11.5 Å². The summed E-state index contributed by atoms with van der Waals surface area (Å²) >= 11 is 0. The van der Waals surface area contributed by atoms with E-state index < -0.39 is 0 Å². The lowest BCUT2D eigenvalue weighted by atomic mass is 10.1. The van der Waals surface area contributed by atoms with Crippen LogP contribution in [0.3, 0.4) is 0 Å². The highest BCUT2D eigenvalue weighted by atomic mass is 16.5. The molecule has 0 radical (unpaired) electrons. The van der Waals surface area contributed by atoms with Crippen molar-refractivity contribution >= 4 is 5.91 Å². The van der Waals surface area contributed by atoms with Gasteiger partial charge in [-0.1, -0.05) is 24.6 Å². The first kappa shape index (κ1) is 24.8. The van der Waals surface area contributed by atoms with Gasteiger partial charge in [0.05, 0.1) is 18.5 Å². The minimum absolute atomic E-state index is 0.0599. The van der Waals surface area contributed by atoms with Gasteiger partial charge < -0.3 is 19.7 Å². The van der Waals surface area contributed by atoms with Crippen LogP contribution in [0.15, 0.2) is 48.5 Å². The van der Waals surface area contributed by atoms with Gasteiger partial charge >= 0.3 is 0 Å². The molecule has 0 atom stereocenters. The fraction of sp³-hybridized carbons (Fsp3) is 0.429. The van der Waals surface area contributed by atoms with Crippen LogP contribution < -0.4 is 14.8 Å². The molecule has 1 fully saturated rings. The quantitative estimate of drug-likeness (QED) is 0.435. The van der Waals surface area contributed by atoms with E-state index >= 15 is 0 Å². The second-order valence-electron chi connectivity index (χ2n) is 9.01. The van der Waals surface area contributed by atoms with Crippen LogP contribution in [0, 0.1) is 6.92 Å². The summed E-state index contributed by atoms with van der Waals surface area (Å²) in [4.78, 5) is 15.0. The standard InChI is InChI=1S/C28H36N4O3/c1-4-26-25(15-16-27(33)29-17-20-31-18-5-6-19-31)28(35-24-11-7-21(2)8-12-24)32(30-26)22-9-13-23(34-3)14-10-22/h7-14H,4-6,15-20H2,1-3H3,(H,29,33). The summed E-state index contributed by atoms with van der Waals surface area (Å²) < 4.78 is 13.5. The number of rotatable bonds is 11. The van der Waals surface area contributed by atoms with E-state index in [4.69, 9.17) is 14.6 Å². The molecule has 1 saturated heterocycles. The Morgan fingerprint density at radius 2 is 1.71 bits per heavy atom. The molecule has 1 aliphatic heterocycles. The Morgan fingerprint density at radius 1 is 1.03 bits per heavy atom. The zero-order chi connectivity index (χ0) is 24.6. The van der Waals surface area contributed by atoms with Gasteiger partial charge in [0.2, 0.25) is 11.8 Å². The molecule has 0 unspecified atom stereocenters. The number of likely N-dealkylation sites (tertiary alicyclic amines) is 1. The van der Waals surface area contributed by atoms with Gasteiger partial charge in [0.15, 0.2) is 0 Å². The fourth-order valence-corrected chi connectivity index (χ4v) is 4.42. The van der Waals surface area contributed by atoms with Gasteiger partial charge in [-0.2, -0.15) is 5.10 Å². The molecule has 2 aromatic carbocycles. The molecular weight excluding hydrogens is 440 g/mol. The van der Waals surface area contributed by atoms with Gasteiger partial charge in [0, 0.05) is 25.1 Å². The van der Waals surface area contributed by atoms with E-state index in [1.165, 1.54) is 18.4 Å². The fourth-order valence-electron chi connectivity index (χ4n) is 4.42. The molecule has 7 nitrogen and oxygen atoms in total. The highest BCUT2D eigenvalue weighted by Crippen LogP contribution is 2.32. The number of nitrogens with one attached hydrogen (secondary N) is 1. The second-order valence-corrected chi connectivity index (χ2v) is 9.01. The molecule has 2 heterocycles. The maximum Gasteiger partial charge on any atom is 0.226 e. The van der Waals surface area contributed by atoms with Gasteiger partial charge in [0.25, 0.3) is 0 Å². The molecule has 3 aromatic rings. The van der Waals surface area contributed by atoms with E-state index in [0.29, 0.717) is 25.3 Å². The largest absolute Gasteiger partial charge is 0.497 e. The maximum absolute atomic E-state index is 12.6. The minimum atomic E-state index is 0.0599. The zero-order valence-electron chi connectivity index (χ0n) is 21.0. The van der Waals surface area contributed by atoms with E-state index in [9.17, 15) is 4.79 Å². The van der Waals surface area contributed by atoms with Crippen LogP contribution in [-0.4, -0.2) is 53.9 Å². The van der Waals surface area contributed by atoms with Crippen molar-refractivity contribution in [3.05, 3.63) is 65.4 Å². The number of carbonyl (C=O) groups is 1. The molecule has 1 aromatic heterocycles. The summed E-state index contributed by atoms with van der Waals surface area (Å²) in [6.07, 6.45) is 4.23. The van der Waals surface area contributed by atoms with Crippen LogP contribution in [-0.2, 0) is 17.6 Å². The van der Waals surface area contributed by atoms with E-state index in [0.717, 1.165) is 54.5 Å². The average Bonchev–Trinajstić information content (AvgIpc) is 3.52. The Labute approximate surface area is 208 Å². The van der Waals surface area contributed by atoms with E-state index in [2.05, 4.69) is 17.1 Å². The molecule has 35 heavy (non-hydrogen) atoms. The van der Waals surface area contributed by atoms with Gasteiger partial charge in [-0.15, -0.1) is 0 Å². The highest BCUT2D eigenvalue weighted by Gasteiger charge is 2.21. The number of hydrogen-bond acceptors (Lipinski definition) is 5. The van der Waals surface area contributed by atoms with Crippen molar-refractivity contribution in [1.82, 2.24) is 20.0 Å². The van der Waals surface area contributed by atoms with E-state index in [1.807, 2.05) is 60.1 Å². The number of nitrogens with zero attached hydrogens (tertiary/aromatic N) is 3. The smallest absolute Gasteiger partial charge is 0.226 e. The Bertz CT molecular complexity index is 1100.